The molecule has 1 heterocycles. The molecule has 130 valence electrons. The van der Waals surface area contributed by atoms with Crippen LogP contribution >= 0.6 is 0 Å². The molecule has 0 saturated heterocycles. The Balaban J connectivity index is 2.06. The molecule has 1 atom stereocenters. The van der Waals surface area contributed by atoms with Crippen LogP contribution in [-0.2, 0) is 13.6 Å². The molecule has 0 aliphatic rings. The van der Waals surface area contributed by atoms with Gasteiger partial charge in [-0.15, -0.1) is 0 Å². The first kappa shape index (κ1) is 17.7. The van der Waals surface area contributed by atoms with E-state index in [-0.39, 0.29) is 6.04 Å². The largest absolute Gasteiger partial charge is 0.497 e. The van der Waals surface area contributed by atoms with Crippen LogP contribution in [0.3, 0.4) is 0 Å². The average Bonchev–Trinajstić information content (AvgIpc) is 3.02. The molecule has 0 bridgehead atoms. The van der Waals surface area contributed by atoms with Crippen LogP contribution in [0, 0.1) is 0 Å². The number of nitrogens with zero attached hydrogens (tertiary/aromatic N) is 2. The molecular weight excluding hydrogens is 304 g/mol. The molecule has 0 amide bonds. The van der Waals surface area contributed by atoms with Gasteiger partial charge in [0.15, 0.2) is 5.96 Å². The SMILES string of the molecule is CN=C(NCc1cccn1C)NC(C)c1cc(OC)ccc1OC. The average molecular weight is 330 g/mol. The van der Waals surface area contributed by atoms with Crippen LogP contribution in [-0.4, -0.2) is 31.8 Å². The van der Waals surface area contributed by atoms with Gasteiger partial charge in [-0.3, -0.25) is 4.99 Å². The standard InChI is InChI=1S/C18H26N4O2/c1-13(16-11-15(23-4)8-9-17(16)24-5)21-18(19-2)20-12-14-7-6-10-22(14)3/h6-11,13H,12H2,1-5H3,(H2,19,20,21). The van der Waals surface area contributed by atoms with Crippen LogP contribution in [0.25, 0.3) is 0 Å². The number of methoxy groups -OCH3 is 2. The maximum Gasteiger partial charge on any atom is 0.191 e. The third-order valence-electron chi connectivity index (χ3n) is 3.97. The van der Waals surface area contributed by atoms with Crippen LogP contribution in [0.15, 0.2) is 41.5 Å². The minimum atomic E-state index is 0.00895. The van der Waals surface area contributed by atoms with Gasteiger partial charge in [-0.25, -0.2) is 0 Å². The van der Waals surface area contributed by atoms with E-state index >= 15 is 0 Å². The molecule has 1 aromatic carbocycles. The fourth-order valence-electron chi connectivity index (χ4n) is 2.51. The van der Waals surface area contributed by atoms with Gasteiger partial charge >= 0.3 is 0 Å². The quantitative estimate of drug-likeness (QED) is 0.631. The molecule has 1 unspecified atom stereocenters. The molecule has 0 aliphatic heterocycles. The van der Waals surface area contributed by atoms with Gasteiger partial charge in [0.05, 0.1) is 26.8 Å². The number of nitrogens with one attached hydrogen (secondary N) is 2. The summed E-state index contributed by atoms with van der Waals surface area (Å²) in [6, 6.07) is 9.88. The zero-order valence-electron chi connectivity index (χ0n) is 15.0. The summed E-state index contributed by atoms with van der Waals surface area (Å²) in [5.41, 5.74) is 2.20. The zero-order valence-corrected chi connectivity index (χ0v) is 15.0. The van der Waals surface area contributed by atoms with E-state index in [1.165, 1.54) is 5.69 Å². The summed E-state index contributed by atoms with van der Waals surface area (Å²) in [4.78, 5) is 4.29. The second-order valence-electron chi connectivity index (χ2n) is 5.51. The number of guanidine groups is 1. The zero-order chi connectivity index (χ0) is 17.5. The van der Waals surface area contributed by atoms with Crippen molar-refractivity contribution >= 4 is 5.96 Å². The molecule has 0 saturated carbocycles. The highest BCUT2D eigenvalue weighted by molar-refractivity contribution is 5.80. The Morgan fingerprint density at radius 3 is 2.62 bits per heavy atom. The lowest BCUT2D eigenvalue weighted by Crippen LogP contribution is -2.38. The van der Waals surface area contributed by atoms with E-state index in [4.69, 9.17) is 9.47 Å². The summed E-state index contributed by atoms with van der Waals surface area (Å²) in [5.74, 6) is 2.34. The van der Waals surface area contributed by atoms with E-state index in [1.54, 1.807) is 21.3 Å². The van der Waals surface area contributed by atoms with E-state index in [0.717, 1.165) is 23.0 Å². The fraction of sp³-hybridized carbons (Fsp3) is 0.389. The van der Waals surface area contributed by atoms with Crippen molar-refractivity contribution in [3.63, 3.8) is 0 Å². The smallest absolute Gasteiger partial charge is 0.191 e. The molecule has 2 N–H and O–H groups in total. The molecule has 6 nitrogen and oxygen atoms in total. The Kier molecular flexibility index (Phi) is 6.12. The molecule has 0 spiro atoms. The van der Waals surface area contributed by atoms with Crippen LogP contribution in [0.1, 0.15) is 24.2 Å². The van der Waals surface area contributed by atoms with Crippen molar-refractivity contribution in [2.75, 3.05) is 21.3 Å². The number of ether oxygens (including phenoxy) is 2. The molecule has 24 heavy (non-hydrogen) atoms. The highest BCUT2D eigenvalue weighted by Crippen LogP contribution is 2.29. The number of hydrogen-bond acceptors (Lipinski definition) is 3. The van der Waals surface area contributed by atoms with Crippen LogP contribution in [0.4, 0.5) is 0 Å². The number of rotatable bonds is 6. The number of benzene rings is 1. The van der Waals surface area contributed by atoms with Crippen LogP contribution in [0.2, 0.25) is 0 Å². The van der Waals surface area contributed by atoms with Crippen molar-refractivity contribution in [3.05, 3.63) is 47.8 Å². The van der Waals surface area contributed by atoms with E-state index in [9.17, 15) is 0 Å². The van der Waals surface area contributed by atoms with Gasteiger partial charge in [-0.05, 0) is 37.3 Å². The Bertz CT molecular complexity index is 694. The molecular formula is C18H26N4O2. The number of aromatic nitrogens is 1. The van der Waals surface area contributed by atoms with Crippen molar-refractivity contribution in [1.29, 1.82) is 0 Å². The lowest BCUT2D eigenvalue weighted by atomic mass is 10.1. The normalized spacial score (nSPS) is 12.6. The second-order valence-corrected chi connectivity index (χ2v) is 5.51. The van der Waals surface area contributed by atoms with E-state index in [1.807, 2.05) is 37.5 Å². The van der Waals surface area contributed by atoms with E-state index < -0.39 is 0 Å². The maximum atomic E-state index is 5.46. The van der Waals surface area contributed by atoms with Crippen molar-refractivity contribution in [3.8, 4) is 11.5 Å². The summed E-state index contributed by atoms with van der Waals surface area (Å²) in [6.45, 7) is 2.76. The Labute approximate surface area is 143 Å². The number of aliphatic imine (C=N–C) groups is 1. The van der Waals surface area contributed by atoms with Gasteiger partial charge in [0, 0.05) is 31.5 Å². The summed E-state index contributed by atoms with van der Waals surface area (Å²) in [5, 5.41) is 6.71. The molecule has 1 aromatic heterocycles. The second kappa shape index (κ2) is 8.29. The molecule has 0 radical (unpaired) electrons. The first-order valence-electron chi connectivity index (χ1n) is 7.88. The summed E-state index contributed by atoms with van der Waals surface area (Å²) >= 11 is 0. The monoisotopic (exact) mass is 330 g/mol. The number of aryl methyl sites for hydroxylation is 1. The van der Waals surface area contributed by atoms with Gasteiger partial charge < -0.3 is 24.7 Å². The molecule has 0 fully saturated rings. The van der Waals surface area contributed by atoms with Crippen molar-refractivity contribution in [2.45, 2.75) is 19.5 Å². The highest BCUT2D eigenvalue weighted by Gasteiger charge is 2.14. The Morgan fingerprint density at radius 2 is 2.04 bits per heavy atom. The summed E-state index contributed by atoms with van der Waals surface area (Å²) in [6.07, 6.45) is 2.02. The first-order chi connectivity index (χ1) is 11.6. The lowest BCUT2D eigenvalue weighted by molar-refractivity contribution is 0.394. The van der Waals surface area contributed by atoms with Crippen molar-refractivity contribution in [2.24, 2.45) is 12.0 Å². The first-order valence-corrected chi connectivity index (χ1v) is 7.88. The topological polar surface area (TPSA) is 59.8 Å². The lowest BCUT2D eigenvalue weighted by Gasteiger charge is -2.21. The predicted octanol–water partition coefficient (Wildman–Crippen LogP) is 2.47. The summed E-state index contributed by atoms with van der Waals surface area (Å²) in [7, 11) is 7.11. The molecule has 0 aliphatic carbocycles. The van der Waals surface area contributed by atoms with Gasteiger partial charge in [0.25, 0.3) is 0 Å². The van der Waals surface area contributed by atoms with Gasteiger partial charge in [-0.1, -0.05) is 0 Å². The molecule has 6 heteroatoms. The summed E-state index contributed by atoms with van der Waals surface area (Å²) < 4.78 is 12.8. The number of hydrogen-bond donors (Lipinski definition) is 2. The Hall–Kier alpha value is -2.63. The van der Waals surface area contributed by atoms with Gasteiger partial charge in [0.1, 0.15) is 11.5 Å². The minimum Gasteiger partial charge on any atom is -0.497 e. The van der Waals surface area contributed by atoms with Crippen LogP contribution in [0.5, 0.6) is 11.5 Å². The Morgan fingerprint density at radius 1 is 1.25 bits per heavy atom. The van der Waals surface area contributed by atoms with E-state index in [0.29, 0.717) is 6.54 Å². The third-order valence-corrected chi connectivity index (χ3v) is 3.97. The fourth-order valence-corrected chi connectivity index (χ4v) is 2.51. The van der Waals surface area contributed by atoms with Crippen molar-refractivity contribution < 1.29 is 9.47 Å². The van der Waals surface area contributed by atoms with Gasteiger partial charge in [0.2, 0.25) is 0 Å². The minimum absolute atomic E-state index is 0.00895. The third kappa shape index (κ3) is 4.22. The predicted molar refractivity (Wildman–Crippen MR) is 96.7 cm³/mol. The molecule has 2 aromatic rings. The van der Waals surface area contributed by atoms with E-state index in [2.05, 4.69) is 33.2 Å². The molecule has 2 rings (SSSR count). The highest BCUT2D eigenvalue weighted by atomic mass is 16.5. The van der Waals surface area contributed by atoms with Crippen LogP contribution < -0.4 is 20.1 Å². The van der Waals surface area contributed by atoms with Crippen molar-refractivity contribution in [1.82, 2.24) is 15.2 Å². The van der Waals surface area contributed by atoms with Gasteiger partial charge in [-0.2, -0.15) is 0 Å². The maximum absolute atomic E-state index is 5.46.